The number of carbonyl (C=O) groups is 2. The molecule has 0 fully saturated rings. The molecule has 0 aliphatic carbocycles. The van der Waals surface area contributed by atoms with Crippen LogP contribution in [0.4, 0.5) is 14.9 Å². The summed E-state index contributed by atoms with van der Waals surface area (Å²) in [6.07, 6.45) is 2.89. The van der Waals surface area contributed by atoms with Gasteiger partial charge in [0.25, 0.3) is 0 Å². The third-order valence-electron chi connectivity index (χ3n) is 6.43. The first-order valence-corrected chi connectivity index (χ1v) is 12.5. The fourth-order valence-corrected chi connectivity index (χ4v) is 4.31. The zero-order valence-corrected chi connectivity index (χ0v) is 21.9. The van der Waals surface area contributed by atoms with Crippen molar-refractivity contribution < 1.29 is 18.4 Å². The molecule has 4 rings (SSSR count). The molecule has 0 unspecified atom stereocenters. The van der Waals surface area contributed by atoms with E-state index in [1.165, 1.54) is 28.2 Å². The standard InChI is InChI=1S/C31H30FN3O4/c1-4-16-34(31(38)33-29-21(2)8-7-9-22(29)3)19-28(36)35(17-23-12-14-25(32)15-13-23)18-24-20-39-27-11-6-5-10-26(27)30(24)37/h4-15,20H,1,16-19H2,2-3H3,(H,33,38). The van der Waals surface area contributed by atoms with Gasteiger partial charge in [0.15, 0.2) is 5.43 Å². The molecule has 0 spiro atoms. The molecule has 0 aliphatic heterocycles. The predicted octanol–water partition coefficient (Wildman–Crippen LogP) is 5.80. The maximum Gasteiger partial charge on any atom is 0.322 e. The number of aryl methyl sites for hydroxylation is 2. The van der Waals surface area contributed by atoms with E-state index < -0.39 is 17.8 Å². The zero-order valence-electron chi connectivity index (χ0n) is 21.9. The second kappa shape index (κ2) is 12.2. The van der Waals surface area contributed by atoms with Crippen molar-refractivity contribution in [2.45, 2.75) is 26.9 Å². The highest BCUT2D eigenvalue weighted by Crippen LogP contribution is 2.20. The molecule has 3 aromatic carbocycles. The minimum Gasteiger partial charge on any atom is -0.464 e. The Bertz CT molecular complexity index is 1540. The fourth-order valence-electron chi connectivity index (χ4n) is 4.31. The smallest absolute Gasteiger partial charge is 0.322 e. The summed E-state index contributed by atoms with van der Waals surface area (Å²) in [4.78, 5) is 42.8. The number of rotatable bonds is 9. The van der Waals surface area contributed by atoms with Crippen molar-refractivity contribution in [3.63, 3.8) is 0 Å². The number of para-hydroxylation sites is 2. The second-order valence-electron chi connectivity index (χ2n) is 9.33. The maximum absolute atomic E-state index is 13.6. The Morgan fingerprint density at radius 3 is 2.33 bits per heavy atom. The van der Waals surface area contributed by atoms with Crippen molar-refractivity contribution in [2.75, 3.05) is 18.4 Å². The number of benzene rings is 3. The predicted molar refractivity (Wildman–Crippen MR) is 150 cm³/mol. The molecule has 0 atom stereocenters. The summed E-state index contributed by atoms with van der Waals surface area (Å²) >= 11 is 0. The number of hydrogen-bond donors (Lipinski definition) is 1. The Balaban J connectivity index is 1.60. The Morgan fingerprint density at radius 2 is 1.64 bits per heavy atom. The lowest BCUT2D eigenvalue weighted by Crippen LogP contribution is -2.44. The largest absolute Gasteiger partial charge is 0.464 e. The van der Waals surface area contributed by atoms with Crippen LogP contribution >= 0.6 is 0 Å². The SMILES string of the molecule is C=CCN(CC(=O)N(Cc1ccc(F)cc1)Cc1coc2ccccc2c1=O)C(=O)Nc1c(C)cccc1C. The lowest BCUT2D eigenvalue weighted by atomic mass is 10.1. The van der Waals surface area contributed by atoms with E-state index in [9.17, 15) is 18.8 Å². The lowest BCUT2D eigenvalue weighted by Gasteiger charge is -2.27. The molecule has 0 radical (unpaired) electrons. The van der Waals surface area contributed by atoms with Crippen LogP contribution < -0.4 is 10.7 Å². The van der Waals surface area contributed by atoms with E-state index in [0.717, 1.165) is 11.1 Å². The summed E-state index contributed by atoms with van der Waals surface area (Å²) in [5.41, 5.74) is 3.64. The van der Waals surface area contributed by atoms with Gasteiger partial charge >= 0.3 is 6.03 Å². The summed E-state index contributed by atoms with van der Waals surface area (Å²) in [5.74, 6) is -0.794. The van der Waals surface area contributed by atoms with Gasteiger partial charge in [-0.2, -0.15) is 0 Å². The van der Waals surface area contributed by atoms with Crippen LogP contribution in [0.25, 0.3) is 11.0 Å². The molecule has 4 aromatic rings. The molecule has 0 saturated heterocycles. The van der Waals surface area contributed by atoms with E-state index in [1.807, 2.05) is 32.0 Å². The van der Waals surface area contributed by atoms with Crippen molar-refractivity contribution >= 4 is 28.6 Å². The molecule has 0 saturated carbocycles. The maximum atomic E-state index is 13.6. The van der Waals surface area contributed by atoms with E-state index in [-0.39, 0.29) is 31.6 Å². The highest BCUT2D eigenvalue weighted by molar-refractivity contribution is 5.93. The minimum absolute atomic E-state index is 0.0518. The van der Waals surface area contributed by atoms with E-state index in [0.29, 0.717) is 27.8 Å². The summed E-state index contributed by atoms with van der Waals surface area (Å²) < 4.78 is 19.2. The van der Waals surface area contributed by atoms with Crippen LogP contribution in [0.3, 0.4) is 0 Å². The van der Waals surface area contributed by atoms with Crippen molar-refractivity contribution in [3.8, 4) is 0 Å². The van der Waals surface area contributed by atoms with Gasteiger partial charge in [-0.25, -0.2) is 9.18 Å². The van der Waals surface area contributed by atoms with Crippen molar-refractivity contribution in [3.05, 3.63) is 124 Å². The van der Waals surface area contributed by atoms with E-state index in [1.54, 1.807) is 42.5 Å². The summed E-state index contributed by atoms with van der Waals surface area (Å²) in [6.45, 7) is 7.43. The van der Waals surface area contributed by atoms with Gasteiger partial charge in [-0.3, -0.25) is 9.59 Å². The molecule has 3 amide bonds. The average molecular weight is 528 g/mol. The average Bonchev–Trinajstić information content (AvgIpc) is 2.92. The second-order valence-corrected chi connectivity index (χ2v) is 9.33. The number of anilines is 1. The molecule has 200 valence electrons. The van der Waals surface area contributed by atoms with Gasteiger partial charge in [0, 0.05) is 18.8 Å². The topological polar surface area (TPSA) is 82.9 Å². The van der Waals surface area contributed by atoms with Crippen LogP contribution in [0, 0.1) is 19.7 Å². The van der Waals surface area contributed by atoms with Crippen molar-refractivity contribution in [1.29, 1.82) is 0 Å². The van der Waals surface area contributed by atoms with E-state index >= 15 is 0 Å². The number of amides is 3. The highest BCUT2D eigenvalue weighted by Gasteiger charge is 2.23. The van der Waals surface area contributed by atoms with Crippen LogP contribution in [0.15, 0.2) is 94.9 Å². The first-order chi connectivity index (χ1) is 18.8. The van der Waals surface area contributed by atoms with Gasteiger partial charge in [0.1, 0.15) is 17.9 Å². The van der Waals surface area contributed by atoms with Crippen LogP contribution in [0.5, 0.6) is 0 Å². The van der Waals surface area contributed by atoms with Gasteiger partial charge in [-0.1, -0.05) is 48.5 Å². The third-order valence-corrected chi connectivity index (χ3v) is 6.43. The van der Waals surface area contributed by atoms with Crippen molar-refractivity contribution in [1.82, 2.24) is 9.80 Å². The molecule has 1 aromatic heterocycles. The molecule has 8 heteroatoms. The molecule has 7 nitrogen and oxygen atoms in total. The normalized spacial score (nSPS) is 10.7. The van der Waals surface area contributed by atoms with E-state index in [4.69, 9.17) is 4.42 Å². The summed E-state index contributed by atoms with van der Waals surface area (Å²) in [6, 6.07) is 17.9. The van der Waals surface area contributed by atoms with Crippen LogP contribution in [0.1, 0.15) is 22.3 Å². The molecular weight excluding hydrogens is 497 g/mol. The van der Waals surface area contributed by atoms with Crippen LogP contribution in [-0.2, 0) is 17.9 Å². The lowest BCUT2D eigenvalue weighted by molar-refractivity contribution is -0.133. The van der Waals surface area contributed by atoms with Gasteiger partial charge in [-0.05, 0) is 54.8 Å². The summed E-state index contributed by atoms with van der Waals surface area (Å²) in [5, 5.41) is 3.31. The number of fused-ring (bicyclic) bond motifs is 1. The molecule has 0 aliphatic rings. The Hall–Kier alpha value is -4.72. The van der Waals surface area contributed by atoms with Gasteiger partial charge < -0.3 is 19.5 Å². The zero-order chi connectivity index (χ0) is 27.9. The van der Waals surface area contributed by atoms with Crippen molar-refractivity contribution in [2.24, 2.45) is 0 Å². The molecule has 0 bridgehead atoms. The Morgan fingerprint density at radius 1 is 0.949 bits per heavy atom. The number of urea groups is 1. The van der Waals surface area contributed by atoms with Crippen LogP contribution in [0.2, 0.25) is 0 Å². The number of hydrogen-bond acceptors (Lipinski definition) is 4. The fraction of sp³-hybridized carbons (Fsp3) is 0.194. The van der Waals surface area contributed by atoms with Gasteiger partial charge in [-0.15, -0.1) is 6.58 Å². The van der Waals surface area contributed by atoms with Gasteiger partial charge in [0.05, 0.1) is 23.8 Å². The first kappa shape index (κ1) is 27.3. The molecule has 1 N–H and O–H groups in total. The minimum atomic E-state index is -0.451. The number of halogens is 1. The Labute approximate surface area is 226 Å². The first-order valence-electron chi connectivity index (χ1n) is 12.5. The third kappa shape index (κ3) is 6.59. The Kier molecular flexibility index (Phi) is 8.56. The van der Waals surface area contributed by atoms with Crippen LogP contribution in [-0.4, -0.2) is 34.8 Å². The van der Waals surface area contributed by atoms with E-state index in [2.05, 4.69) is 11.9 Å². The summed E-state index contributed by atoms with van der Waals surface area (Å²) in [7, 11) is 0. The molecule has 1 heterocycles. The number of nitrogens with zero attached hydrogens (tertiary/aromatic N) is 2. The highest BCUT2D eigenvalue weighted by atomic mass is 19.1. The van der Waals surface area contributed by atoms with Gasteiger partial charge in [0.2, 0.25) is 5.91 Å². The quantitative estimate of drug-likeness (QED) is 0.279. The molecule has 39 heavy (non-hydrogen) atoms. The molecular formula is C31H30FN3O4. The monoisotopic (exact) mass is 527 g/mol. The number of nitrogens with one attached hydrogen (secondary N) is 1. The number of carbonyl (C=O) groups excluding carboxylic acids is 2.